The number of aromatic nitrogens is 2. The van der Waals surface area contributed by atoms with Gasteiger partial charge in [-0.05, 0) is 44.7 Å². The van der Waals surface area contributed by atoms with Crippen LogP contribution in [0.25, 0.3) is 11.4 Å². The Hall–Kier alpha value is -2.88. The van der Waals surface area contributed by atoms with Crippen molar-refractivity contribution in [3.05, 3.63) is 71.0 Å². The van der Waals surface area contributed by atoms with E-state index in [1.54, 1.807) is 0 Å². The van der Waals surface area contributed by atoms with Gasteiger partial charge in [-0.2, -0.15) is 0 Å². The molecule has 1 aliphatic heterocycles. The minimum absolute atomic E-state index is 0.117. The van der Waals surface area contributed by atoms with Crippen LogP contribution in [-0.2, 0) is 13.0 Å². The van der Waals surface area contributed by atoms with E-state index in [9.17, 15) is 4.79 Å². The lowest BCUT2D eigenvalue weighted by Gasteiger charge is -2.10. The summed E-state index contributed by atoms with van der Waals surface area (Å²) in [6.07, 6.45) is 4.31. The largest absolute Gasteiger partial charge is 0.327 e. The van der Waals surface area contributed by atoms with E-state index < -0.39 is 0 Å². The molecule has 1 aliphatic rings. The molecule has 0 saturated carbocycles. The fraction of sp³-hybridized carbons (Fsp3) is 0.304. The van der Waals surface area contributed by atoms with E-state index >= 15 is 0 Å². The van der Waals surface area contributed by atoms with E-state index in [1.807, 2.05) is 31.2 Å². The summed E-state index contributed by atoms with van der Waals surface area (Å²) < 4.78 is 2.25. The number of fused-ring (bicyclic) bond motifs is 1. The number of nitrogens with one attached hydrogen (secondary N) is 1. The molecule has 4 heteroatoms. The van der Waals surface area contributed by atoms with Crippen molar-refractivity contribution < 1.29 is 4.79 Å². The minimum Gasteiger partial charge on any atom is -0.327 e. The van der Waals surface area contributed by atoms with Crippen LogP contribution in [0.2, 0.25) is 0 Å². The number of imidazole rings is 1. The molecule has 0 spiro atoms. The fourth-order valence-electron chi connectivity index (χ4n) is 3.72. The zero-order valence-corrected chi connectivity index (χ0v) is 16.0. The van der Waals surface area contributed by atoms with Gasteiger partial charge < -0.3 is 9.88 Å². The van der Waals surface area contributed by atoms with Gasteiger partial charge in [0.1, 0.15) is 11.5 Å². The Kier molecular flexibility index (Phi) is 4.80. The lowest BCUT2D eigenvalue weighted by molar-refractivity contribution is 0.102. The molecule has 1 N–H and O–H groups in total. The van der Waals surface area contributed by atoms with Crippen molar-refractivity contribution in [2.24, 2.45) is 0 Å². The smallest absolute Gasteiger partial charge is 0.276 e. The molecular weight excluding hydrogens is 334 g/mol. The highest BCUT2D eigenvalue weighted by Crippen LogP contribution is 2.28. The molecule has 0 bridgehead atoms. The summed E-state index contributed by atoms with van der Waals surface area (Å²) in [6.45, 7) is 5.00. The second-order valence-electron chi connectivity index (χ2n) is 7.33. The summed E-state index contributed by atoms with van der Waals surface area (Å²) in [5, 5.41) is 3.06. The predicted octanol–water partition coefficient (Wildman–Crippen LogP) is 5.15. The van der Waals surface area contributed by atoms with Crippen LogP contribution >= 0.6 is 0 Å². The van der Waals surface area contributed by atoms with E-state index in [0.717, 1.165) is 54.1 Å². The maximum atomic E-state index is 13.1. The van der Waals surface area contributed by atoms with E-state index in [2.05, 4.69) is 41.1 Å². The molecule has 0 aliphatic carbocycles. The zero-order valence-electron chi connectivity index (χ0n) is 16.0. The number of hydrogen-bond donors (Lipinski definition) is 1. The van der Waals surface area contributed by atoms with Crippen LogP contribution in [0, 0.1) is 13.8 Å². The van der Waals surface area contributed by atoms with Crippen LogP contribution in [0.1, 0.15) is 46.6 Å². The molecule has 2 aromatic carbocycles. The molecule has 3 aromatic rings. The normalized spacial score (nSPS) is 13.7. The summed E-state index contributed by atoms with van der Waals surface area (Å²) in [7, 11) is 0. The van der Waals surface area contributed by atoms with E-state index in [-0.39, 0.29) is 5.91 Å². The molecule has 0 saturated heterocycles. The maximum absolute atomic E-state index is 13.1. The van der Waals surface area contributed by atoms with Crippen LogP contribution in [0.4, 0.5) is 5.69 Å². The number of hydrogen-bond acceptors (Lipinski definition) is 2. The lowest BCUT2D eigenvalue weighted by Crippen LogP contribution is -2.16. The van der Waals surface area contributed by atoms with Gasteiger partial charge in [-0.25, -0.2) is 4.98 Å². The van der Waals surface area contributed by atoms with Crippen molar-refractivity contribution in [2.45, 2.75) is 46.1 Å². The standard InChI is InChI=1S/C23H25N3O/c1-16-11-13-18(14-12-16)22-25-21(20-10-4-3-7-15-26(20)22)23(27)24-19-9-6-5-8-17(19)2/h5-6,8-9,11-14H,3-4,7,10,15H2,1-2H3,(H,24,27). The quantitative estimate of drug-likeness (QED) is 0.703. The van der Waals surface area contributed by atoms with E-state index in [1.165, 1.54) is 12.0 Å². The number of amides is 1. The average Bonchev–Trinajstić information content (AvgIpc) is 2.86. The molecule has 0 fully saturated rings. The van der Waals surface area contributed by atoms with Gasteiger partial charge in [0.25, 0.3) is 5.91 Å². The molecule has 1 aromatic heterocycles. The highest BCUT2D eigenvalue weighted by Gasteiger charge is 2.24. The van der Waals surface area contributed by atoms with Gasteiger partial charge in [0.2, 0.25) is 0 Å². The van der Waals surface area contributed by atoms with Crippen LogP contribution in [0.15, 0.2) is 48.5 Å². The van der Waals surface area contributed by atoms with Gasteiger partial charge in [0, 0.05) is 17.8 Å². The fourth-order valence-corrected chi connectivity index (χ4v) is 3.72. The Balaban J connectivity index is 1.75. The Morgan fingerprint density at radius 1 is 1.00 bits per heavy atom. The molecule has 138 valence electrons. The molecule has 4 nitrogen and oxygen atoms in total. The minimum atomic E-state index is -0.117. The van der Waals surface area contributed by atoms with Gasteiger partial charge >= 0.3 is 0 Å². The maximum Gasteiger partial charge on any atom is 0.276 e. The molecule has 1 amide bonds. The number of aryl methyl sites for hydroxylation is 2. The Morgan fingerprint density at radius 3 is 2.56 bits per heavy atom. The van der Waals surface area contributed by atoms with Gasteiger partial charge in [0.05, 0.1) is 5.69 Å². The van der Waals surface area contributed by atoms with Crippen molar-refractivity contribution in [2.75, 3.05) is 5.32 Å². The molecule has 27 heavy (non-hydrogen) atoms. The molecule has 4 rings (SSSR count). The molecular formula is C23H25N3O. The molecule has 2 heterocycles. The number of benzene rings is 2. The van der Waals surface area contributed by atoms with Crippen molar-refractivity contribution in [1.29, 1.82) is 0 Å². The second kappa shape index (κ2) is 7.39. The second-order valence-corrected chi connectivity index (χ2v) is 7.33. The number of anilines is 1. The SMILES string of the molecule is Cc1ccc(-c2nc(C(=O)Nc3ccccc3C)c3n2CCCCC3)cc1. The molecule has 0 unspecified atom stereocenters. The van der Waals surface area contributed by atoms with Gasteiger partial charge in [0.15, 0.2) is 0 Å². The highest BCUT2D eigenvalue weighted by atomic mass is 16.1. The monoisotopic (exact) mass is 359 g/mol. The Labute approximate surface area is 160 Å². The summed E-state index contributed by atoms with van der Waals surface area (Å²) >= 11 is 0. The summed E-state index contributed by atoms with van der Waals surface area (Å²) in [6, 6.07) is 16.2. The van der Waals surface area contributed by atoms with Gasteiger partial charge in [-0.1, -0.05) is 54.4 Å². The van der Waals surface area contributed by atoms with Crippen LogP contribution < -0.4 is 5.32 Å². The van der Waals surface area contributed by atoms with Crippen LogP contribution in [0.5, 0.6) is 0 Å². The van der Waals surface area contributed by atoms with E-state index in [4.69, 9.17) is 4.98 Å². The predicted molar refractivity (Wildman–Crippen MR) is 109 cm³/mol. The molecule has 0 radical (unpaired) electrons. The number of para-hydroxylation sites is 1. The van der Waals surface area contributed by atoms with Crippen LogP contribution in [0.3, 0.4) is 0 Å². The van der Waals surface area contributed by atoms with Crippen molar-refractivity contribution in [3.8, 4) is 11.4 Å². The first-order valence-corrected chi connectivity index (χ1v) is 9.67. The van der Waals surface area contributed by atoms with Gasteiger partial charge in [-0.15, -0.1) is 0 Å². The first kappa shape index (κ1) is 17.5. The lowest BCUT2D eigenvalue weighted by atomic mass is 10.1. The Morgan fingerprint density at radius 2 is 1.78 bits per heavy atom. The van der Waals surface area contributed by atoms with Crippen molar-refractivity contribution in [1.82, 2.24) is 9.55 Å². The first-order chi connectivity index (χ1) is 13.1. The van der Waals surface area contributed by atoms with Crippen molar-refractivity contribution in [3.63, 3.8) is 0 Å². The third-order valence-corrected chi connectivity index (χ3v) is 5.29. The summed E-state index contributed by atoms with van der Waals surface area (Å²) in [5.41, 5.74) is 5.81. The van der Waals surface area contributed by atoms with Gasteiger partial charge in [-0.3, -0.25) is 4.79 Å². The average molecular weight is 359 g/mol. The number of nitrogens with zero attached hydrogens (tertiary/aromatic N) is 2. The first-order valence-electron chi connectivity index (χ1n) is 9.67. The summed E-state index contributed by atoms with van der Waals surface area (Å²) in [5.74, 6) is 0.787. The number of carbonyl (C=O) groups is 1. The van der Waals surface area contributed by atoms with Crippen LogP contribution in [-0.4, -0.2) is 15.5 Å². The Bertz CT molecular complexity index is 970. The number of rotatable bonds is 3. The topological polar surface area (TPSA) is 46.9 Å². The number of carbonyl (C=O) groups excluding carboxylic acids is 1. The zero-order chi connectivity index (χ0) is 18.8. The van der Waals surface area contributed by atoms with E-state index in [0.29, 0.717) is 5.69 Å². The third kappa shape index (κ3) is 3.52. The molecule has 0 atom stereocenters. The van der Waals surface area contributed by atoms with Crippen molar-refractivity contribution >= 4 is 11.6 Å². The third-order valence-electron chi connectivity index (χ3n) is 5.29. The highest BCUT2D eigenvalue weighted by molar-refractivity contribution is 6.04. The summed E-state index contributed by atoms with van der Waals surface area (Å²) in [4.78, 5) is 17.9.